The van der Waals surface area contributed by atoms with Crippen LogP contribution < -0.4 is 9.47 Å². The maximum absolute atomic E-state index is 13.4. The molecule has 2 rings (SSSR count). The van der Waals surface area contributed by atoms with Gasteiger partial charge in [0.2, 0.25) is 0 Å². The third-order valence-corrected chi connectivity index (χ3v) is 3.51. The first-order valence-corrected chi connectivity index (χ1v) is 6.73. The molecule has 20 heavy (non-hydrogen) atoms. The lowest BCUT2D eigenvalue weighted by Crippen LogP contribution is -1.98. The van der Waals surface area contributed by atoms with Crippen molar-refractivity contribution in [1.82, 2.24) is 4.98 Å². The SMILES string of the molecule is COc1cc(Br)c(Oc2nc(F)c(F)cc2F)cc1Br. The van der Waals surface area contributed by atoms with Crippen molar-refractivity contribution >= 4 is 31.9 Å². The summed E-state index contributed by atoms with van der Waals surface area (Å²) >= 11 is 6.42. The molecule has 1 heterocycles. The van der Waals surface area contributed by atoms with Gasteiger partial charge in [0.15, 0.2) is 11.6 Å². The normalized spacial score (nSPS) is 10.5. The molecule has 1 aromatic carbocycles. The topological polar surface area (TPSA) is 31.4 Å². The quantitative estimate of drug-likeness (QED) is 0.677. The summed E-state index contributed by atoms with van der Waals surface area (Å²) in [5, 5.41) is 0. The van der Waals surface area contributed by atoms with Crippen LogP contribution in [0.15, 0.2) is 27.1 Å². The molecule has 0 aliphatic rings. The second-order valence-corrected chi connectivity index (χ2v) is 5.28. The van der Waals surface area contributed by atoms with Gasteiger partial charge in [0.1, 0.15) is 11.5 Å². The lowest BCUT2D eigenvalue weighted by atomic mass is 10.3. The zero-order valence-electron chi connectivity index (χ0n) is 9.89. The molecule has 2 aromatic rings. The average molecular weight is 413 g/mol. The molecular weight excluding hydrogens is 407 g/mol. The highest BCUT2D eigenvalue weighted by Crippen LogP contribution is 2.38. The third kappa shape index (κ3) is 3.06. The Morgan fingerprint density at radius 3 is 2.20 bits per heavy atom. The van der Waals surface area contributed by atoms with Crippen molar-refractivity contribution in [2.24, 2.45) is 0 Å². The number of benzene rings is 1. The van der Waals surface area contributed by atoms with Gasteiger partial charge < -0.3 is 9.47 Å². The monoisotopic (exact) mass is 411 g/mol. The fourth-order valence-corrected chi connectivity index (χ4v) is 2.24. The first-order valence-electron chi connectivity index (χ1n) is 5.14. The van der Waals surface area contributed by atoms with Gasteiger partial charge in [0, 0.05) is 6.07 Å². The van der Waals surface area contributed by atoms with E-state index in [1.165, 1.54) is 13.2 Å². The van der Waals surface area contributed by atoms with Gasteiger partial charge in [0.25, 0.3) is 11.8 Å². The molecule has 0 saturated carbocycles. The Bertz CT molecular complexity index is 668. The van der Waals surface area contributed by atoms with E-state index in [2.05, 4.69) is 36.8 Å². The molecular formula is C12H6Br2F3NO2. The molecule has 106 valence electrons. The van der Waals surface area contributed by atoms with Crippen LogP contribution in [0.2, 0.25) is 0 Å². The van der Waals surface area contributed by atoms with Crippen molar-refractivity contribution in [1.29, 1.82) is 0 Å². The van der Waals surface area contributed by atoms with Crippen LogP contribution in [0.5, 0.6) is 17.4 Å². The Balaban J connectivity index is 2.40. The van der Waals surface area contributed by atoms with Crippen LogP contribution in [0, 0.1) is 17.6 Å². The molecule has 0 bridgehead atoms. The molecule has 3 nitrogen and oxygen atoms in total. The number of ether oxygens (including phenoxy) is 2. The van der Waals surface area contributed by atoms with Crippen molar-refractivity contribution in [3.05, 3.63) is 44.7 Å². The molecule has 0 spiro atoms. The minimum Gasteiger partial charge on any atom is -0.496 e. The molecule has 0 unspecified atom stereocenters. The summed E-state index contributed by atoms with van der Waals surface area (Å²) in [4.78, 5) is 3.07. The highest BCUT2D eigenvalue weighted by Gasteiger charge is 2.16. The van der Waals surface area contributed by atoms with Crippen LogP contribution in [0.25, 0.3) is 0 Å². The Morgan fingerprint density at radius 1 is 0.950 bits per heavy atom. The number of rotatable bonds is 3. The summed E-state index contributed by atoms with van der Waals surface area (Å²) in [6.07, 6.45) is 0. The van der Waals surface area contributed by atoms with Crippen LogP contribution in [0.4, 0.5) is 13.2 Å². The average Bonchev–Trinajstić information content (AvgIpc) is 2.39. The lowest BCUT2D eigenvalue weighted by molar-refractivity contribution is 0.382. The first kappa shape index (κ1) is 15.1. The van der Waals surface area contributed by atoms with Crippen molar-refractivity contribution in [2.45, 2.75) is 0 Å². The Hall–Kier alpha value is -1.28. The minimum atomic E-state index is -1.44. The lowest BCUT2D eigenvalue weighted by Gasteiger charge is -2.10. The molecule has 0 aliphatic carbocycles. The van der Waals surface area contributed by atoms with Gasteiger partial charge in [-0.25, -0.2) is 8.78 Å². The van der Waals surface area contributed by atoms with Gasteiger partial charge in [0.05, 0.1) is 16.1 Å². The fraction of sp³-hybridized carbons (Fsp3) is 0.0833. The molecule has 0 amide bonds. The highest BCUT2D eigenvalue weighted by molar-refractivity contribution is 9.11. The summed E-state index contributed by atoms with van der Waals surface area (Å²) < 4.78 is 50.4. The standard InChI is InChI=1S/C12H6Br2F3NO2/c1-19-9-2-6(14)10(3-5(9)13)20-12-8(16)4-7(15)11(17)18-12/h2-4H,1H3. The molecule has 0 aliphatic heterocycles. The van der Waals surface area contributed by atoms with E-state index in [1.807, 2.05) is 0 Å². The predicted molar refractivity (Wildman–Crippen MR) is 72.6 cm³/mol. The zero-order chi connectivity index (χ0) is 14.9. The van der Waals surface area contributed by atoms with Crippen LogP contribution in [0.1, 0.15) is 0 Å². The second-order valence-electron chi connectivity index (χ2n) is 3.57. The summed E-state index contributed by atoms with van der Waals surface area (Å²) in [5.41, 5.74) is 0. The van der Waals surface area contributed by atoms with Crippen LogP contribution in [0.3, 0.4) is 0 Å². The molecule has 0 radical (unpaired) electrons. The van der Waals surface area contributed by atoms with Gasteiger partial charge >= 0.3 is 0 Å². The van der Waals surface area contributed by atoms with E-state index in [4.69, 9.17) is 9.47 Å². The van der Waals surface area contributed by atoms with Gasteiger partial charge in [-0.05, 0) is 44.0 Å². The zero-order valence-corrected chi connectivity index (χ0v) is 13.1. The number of halogens is 5. The molecule has 0 fully saturated rings. The van der Waals surface area contributed by atoms with E-state index in [0.29, 0.717) is 20.8 Å². The van der Waals surface area contributed by atoms with Gasteiger partial charge in [-0.15, -0.1) is 0 Å². The van der Waals surface area contributed by atoms with Gasteiger partial charge in [-0.3, -0.25) is 0 Å². The minimum absolute atomic E-state index is 0.162. The maximum Gasteiger partial charge on any atom is 0.258 e. The summed E-state index contributed by atoms with van der Waals surface area (Å²) in [6.45, 7) is 0. The second kappa shape index (κ2) is 6.01. The van der Waals surface area contributed by atoms with E-state index in [0.717, 1.165) is 0 Å². The van der Waals surface area contributed by atoms with Crippen LogP contribution in [-0.2, 0) is 0 Å². The number of aromatic nitrogens is 1. The molecule has 0 N–H and O–H groups in total. The van der Waals surface area contributed by atoms with Crippen molar-refractivity contribution in [3.63, 3.8) is 0 Å². The van der Waals surface area contributed by atoms with E-state index in [1.54, 1.807) is 6.07 Å². The molecule has 0 saturated heterocycles. The number of hydrogen-bond donors (Lipinski definition) is 0. The van der Waals surface area contributed by atoms with Gasteiger partial charge in [-0.1, -0.05) is 0 Å². The fourth-order valence-electron chi connectivity index (χ4n) is 1.35. The number of methoxy groups -OCH3 is 1. The van der Waals surface area contributed by atoms with E-state index in [9.17, 15) is 13.2 Å². The number of pyridine rings is 1. The smallest absolute Gasteiger partial charge is 0.258 e. The van der Waals surface area contributed by atoms with Crippen molar-refractivity contribution in [2.75, 3.05) is 7.11 Å². The number of hydrogen-bond acceptors (Lipinski definition) is 3. The van der Waals surface area contributed by atoms with Crippen molar-refractivity contribution in [3.8, 4) is 17.4 Å². The number of nitrogens with zero attached hydrogens (tertiary/aromatic N) is 1. The summed E-state index contributed by atoms with van der Waals surface area (Å²) in [6, 6.07) is 3.41. The molecule has 0 atom stereocenters. The Labute approximate surface area is 129 Å². The molecule has 1 aromatic heterocycles. The van der Waals surface area contributed by atoms with E-state index < -0.39 is 23.5 Å². The Kier molecular flexibility index (Phi) is 4.54. The molecule has 8 heteroatoms. The van der Waals surface area contributed by atoms with E-state index >= 15 is 0 Å². The van der Waals surface area contributed by atoms with Crippen LogP contribution in [-0.4, -0.2) is 12.1 Å². The highest BCUT2D eigenvalue weighted by atomic mass is 79.9. The first-order chi connectivity index (χ1) is 9.42. The third-order valence-electron chi connectivity index (χ3n) is 2.27. The predicted octanol–water partition coefficient (Wildman–Crippen LogP) is 4.82. The maximum atomic E-state index is 13.4. The summed E-state index contributed by atoms with van der Waals surface area (Å²) in [7, 11) is 1.48. The van der Waals surface area contributed by atoms with Crippen molar-refractivity contribution < 1.29 is 22.6 Å². The van der Waals surface area contributed by atoms with E-state index in [-0.39, 0.29) is 5.75 Å². The van der Waals surface area contributed by atoms with Gasteiger partial charge in [-0.2, -0.15) is 9.37 Å². The largest absolute Gasteiger partial charge is 0.496 e. The summed E-state index contributed by atoms with van der Waals surface area (Å²) in [5.74, 6) is -3.92. The Morgan fingerprint density at radius 2 is 1.55 bits per heavy atom. The van der Waals surface area contributed by atoms with Crippen LogP contribution >= 0.6 is 31.9 Å².